The third-order valence-corrected chi connectivity index (χ3v) is 9.37. The lowest BCUT2D eigenvalue weighted by Gasteiger charge is -2.31. The van der Waals surface area contributed by atoms with Crippen molar-refractivity contribution in [2.45, 2.75) is 90.5 Å². The molecule has 180 valence electrons. The van der Waals surface area contributed by atoms with Crippen LogP contribution in [0.5, 0.6) is 0 Å². The quantitative estimate of drug-likeness (QED) is 0.593. The number of fused-ring (bicyclic) bond motifs is 1. The molecule has 6 heteroatoms. The minimum Gasteiger partial charge on any atom is -0.341 e. The van der Waals surface area contributed by atoms with Crippen molar-refractivity contribution in [1.29, 1.82) is 0 Å². The summed E-state index contributed by atoms with van der Waals surface area (Å²) in [7, 11) is -3.43. The van der Waals surface area contributed by atoms with Gasteiger partial charge in [0.2, 0.25) is 10.0 Å². The van der Waals surface area contributed by atoms with Crippen LogP contribution in [-0.2, 0) is 40.6 Å². The van der Waals surface area contributed by atoms with Gasteiger partial charge in [0.15, 0.2) is 0 Å². The zero-order valence-corrected chi connectivity index (χ0v) is 21.4. The van der Waals surface area contributed by atoms with Crippen LogP contribution in [0.1, 0.15) is 81.0 Å². The summed E-state index contributed by atoms with van der Waals surface area (Å²) in [4.78, 5) is 12.3. The molecule has 2 aromatic rings. The number of sulfonamides is 1. The van der Waals surface area contributed by atoms with Crippen LogP contribution < -0.4 is 0 Å². The largest absolute Gasteiger partial charge is 0.341 e. The van der Waals surface area contributed by atoms with E-state index in [1.165, 1.54) is 22.5 Å². The average Bonchev–Trinajstić information content (AvgIpc) is 2.95. The average molecular weight is 471 g/mol. The molecule has 1 aromatic heterocycles. The Kier molecular flexibility index (Phi) is 6.88. The van der Waals surface area contributed by atoms with Crippen LogP contribution in [0.2, 0.25) is 0 Å². The number of Topliss-reactive ketones (excluding diaryl/α,β-unsaturated/α-hetero) is 1. The van der Waals surface area contributed by atoms with E-state index in [9.17, 15) is 13.2 Å². The Labute approximate surface area is 199 Å². The summed E-state index contributed by atoms with van der Waals surface area (Å²) < 4.78 is 30.1. The normalized spacial score (nSPS) is 19.2. The molecule has 0 amide bonds. The molecule has 0 saturated carbocycles. The van der Waals surface area contributed by atoms with Crippen LogP contribution in [0.25, 0.3) is 0 Å². The van der Waals surface area contributed by atoms with Crippen molar-refractivity contribution in [1.82, 2.24) is 8.87 Å². The maximum absolute atomic E-state index is 13.1. The molecule has 0 bridgehead atoms. The molecule has 33 heavy (non-hydrogen) atoms. The second-order valence-corrected chi connectivity index (χ2v) is 12.7. The molecule has 1 aliphatic carbocycles. The van der Waals surface area contributed by atoms with Gasteiger partial charge in [0, 0.05) is 24.5 Å². The standard InChI is InChI=1S/C27H38N2O3S/c1-20(30)19-29-21(2)24(25-18-27(3,4)14-13-26(25)29)17-22-9-11-23(12-10-22)33(31,32)28-15-7-5-6-8-16-28/h9-12H,5-8,13-19H2,1-4H3. The number of rotatable bonds is 6. The molecule has 1 aromatic carbocycles. The molecule has 4 rings (SSSR count). The molecule has 0 radical (unpaired) electrons. The first-order chi connectivity index (χ1) is 15.6. The van der Waals surface area contributed by atoms with E-state index in [4.69, 9.17) is 0 Å². The molecular formula is C27H38N2O3S. The first kappa shape index (κ1) is 24.2. The van der Waals surface area contributed by atoms with Gasteiger partial charge in [0.1, 0.15) is 5.78 Å². The topological polar surface area (TPSA) is 59.4 Å². The first-order valence-corrected chi connectivity index (χ1v) is 13.8. The van der Waals surface area contributed by atoms with Gasteiger partial charge >= 0.3 is 0 Å². The fraction of sp³-hybridized carbons (Fsp3) is 0.593. The SMILES string of the molecule is CC(=O)Cn1c(C)c(Cc2ccc(S(=O)(=O)N3CCCCCC3)cc2)c2c1CCC(C)(C)C2. The van der Waals surface area contributed by atoms with Crippen LogP contribution in [0, 0.1) is 12.3 Å². The molecule has 2 heterocycles. The summed E-state index contributed by atoms with van der Waals surface area (Å²) in [5.41, 5.74) is 6.56. The zero-order valence-electron chi connectivity index (χ0n) is 20.6. The van der Waals surface area contributed by atoms with E-state index in [0.29, 0.717) is 24.5 Å². The van der Waals surface area contributed by atoms with E-state index in [1.807, 2.05) is 12.1 Å². The lowest BCUT2D eigenvalue weighted by atomic mass is 9.75. The van der Waals surface area contributed by atoms with Crippen molar-refractivity contribution in [3.05, 3.63) is 52.3 Å². The molecule has 0 unspecified atom stereocenters. The fourth-order valence-electron chi connectivity index (χ4n) is 5.52. The monoisotopic (exact) mass is 470 g/mol. The third kappa shape index (κ3) is 5.12. The molecule has 5 nitrogen and oxygen atoms in total. The van der Waals surface area contributed by atoms with Crippen molar-refractivity contribution in [2.75, 3.05) is 13.1 Å². The molecule has 1 fully saturated rings. The van der Waals surface area contributed by atoms with E-state index in [1.54, 1.807) is 23.4 Å². The third-order valence-electron chi connectivity index (χ3n) is 7.46. The Morgan fingerprint density at radius 3 is 2.27 bits per heavy atom. The van der Waals surface area contributed by atoms with Gasteiger partial charge in [-0.1, -0.05) is 38.8 Å². The maximum atomic E-state index is 13.1. The van der Waals surface area contributed by atoms with Crippen LogP contribution in [0.3, 0.4) is 0 Å². The summed E-state index contributed by atoms with van der Waals surface area (Å²) in [6, 6.07) is 7.47. The molecule has 0 N–H and O–H groups in total. The van der Waals surface area contributed by atoms with E-state index in [2.05, 4.69) is 25.3 Å². The highest BCUT2D eigenvalue weighted by molar-refractivity contribution is 7.89. The number of hydrogen-bond donors (Lipinski definition) is 0. The van der Waals surface area contributed by atoms with Crippen molar-refractivity contribution < 1.29 is 13.2 Å². The van der Waals surface area contributed by atoms with Crippen molar-refractivity contribution in [2.24, 2.45) is 5.41 Å². The molecule has 0 spiro atoms. The van der Waals surface area contributed by atoms with Crippen molar-refractivity contribution in [3.8, 4) is 0 Å². The van der Waals surface area contributed by atoms with Crippen molar-refractivity contribution in [3.63, 3.8) is 0 Å². The van der Waals surface area contributed by atoms with Gasteiger partial charge in [-0.25, -0.2) is 8.42 Å². The fourth-order valence-corrected chi connectivity index (χ4v) is 7.04. The van der Waals surface area contributed by atoms with Crippen LogP contribution in [-0.4, -0.2) is 36.2 Å². The number of ketones is 1. The van der Waals surface area contributed by atoms with Gasteiger partial charge in [-0.2, -0.15) is 4.31 Å². The van der Waals surface area contributed by atoms with E-state index < -0.39 is 10.0 Å². The second-order valence-electron chi connectivity index (χ2n) is 10.8. The van der Waals surface area contributed by atoms with Gasteiger partial charge in [0.25, 0.3) is 0 Å². The molecule has 2 aliphatic rings. The predicted octanol–water partition coefficient (Wildman–Crippen LogP) is 5.06. The Balaban J connectivity index is 1.62. The number of hydrogen-bond acceptors (Lipinski definition) is 3. The second kappa shape index (κ2) is 9.38. The lowest BCUT2D eigenvalue weighted by molar-refractivity contribution is -0.117. The van der Waals surface area contributed by atoms with Crippen LogP contribution >= 0.6 is 0 Å². The number of benzene rings is 1. The highest BCUT2D eigenvalue weighted by atomic mass is 32.2. The summed E-state index contributed by atoms with van der Waals surface area (Å²) in [5, 5.41) is 0. The van der Waals surface area contributed by atoms with Crippen LogP contribution in [0.15, 0.2) is 29.2 Å². The Hall–Kier alpha value is -1.92. The number of carbonyl (C=O) groups is 1. The predicted molar refractivity (Wildman–Crippen MR) is 132 cm³/mol. The molecule has 1 saturated heterocycles. The summed E-state index contributed by atoms with van der Waals surface area (Å²) >= 11 is 0. The minimum absolute atomic E-state index is 0.176. The maximum Gasteiger partial charge on any atom is 0.243 e. The van der Waals surface area contributed by atoms with E-state index in [-0.39, 0.29) is 11.2 Å². The van der Waals surface area contributed by atoms with Gasteiger partial charge in [0.05, 0.1) is 11.4 Å². The highest BCUT2D eigenvalue weighted by Crippen LogP contribution is 2.39. The number of carbonyl (C=O) groups excluding carboxylic acids is 1. The Morgan fingerprint density at radius 2 is 1.67 bits per heavy atom. The van der Waals surface area contributed by atoms with Gasteiger partial charge in [-0.05, 0) is 86.6 Å². The molecule has 0 atom stereocenters. The smallest absolute Gasteiger partial charge is 0.243 e. The summed E-state index contributed by atoms with van der Waals surface area (Å²) in [6.07, 6.45) is 8.01. The number of aromatic nitrogens is 1. The summed E-state index contributed by atoms with van der Waals surface area (Å²) in [6.45, 7) is 10.1. The Bertz CT molecular complexity index is 1120. The lowest BCUT2D eigenvalue weighted by Crippen LogP contribution is -2.31. The van der Waals surface area contributed by atoms with E-state index in [0.717, 1.165) is 56.9 Å². The Morgan fingerprint density at radius 1 is 1.03 bits per heavy atom. The van der Waals surface area contributed by atoms with Gasteiger partial charge in [-0.3, -0.25) is 4.79 Å². The molecular weight excluding hydrogens is 432 g/mol. The number of nitrogens with zero attached hydrogens (tertiary/aromatic N) is 2. The van der Waals surface area contributed by atoms with E-state index >= 15 is 0 Å². The van der Waals surface area contributed by atoms with Crippen molar-refractivity contribution >= 4 is 15.8 Å². The van der Waals surface area contributed by atoms with Crippen LogP contribution in [0.4, 0.5) is 0 Å². The summed E-state index contributed by atoms with van der Waals surface area (Å²) in [5.74, 6) is 0.176. The highest BCUT2D eigenvalue weighted by Gasteiger charge is 2.32. The first-order valence-electron chi connectivity index (χ1n) is 12.4. The van der Waals surface area contributed by atoms with Gasteiger partial charge < -0.3 is 4.57 Å². The molecule has 1 aliphatic heterocycles. The minimum atomic E-state index is -3.43. The zero-order chi connectivity index (χ0) is 23.8. The van der Waals surface area contributed by atoms with Gasteiger partial charge in [-0.15, -0.1) is 0 Å².